The highest BCUT2D eigenvalue weighted by Crippen LogP contribution is 2.31. The van der Waals surface area contributed by atoms with Gasteiger partial charge in [-0.15, -0.1) is 0 Å². The highest BCUT2D eigenvalue weighted by molar-refractivity contribution is 6.42. The zero-order valence-electron chi connectivity index (χ0n) is 14.8. The van der Waals surface area contributed by atoms with Crippen LogP contribution in [0.25, 0.3) is 10.9 Å². The predicted molar refractivity (Wildman–Crippen MR) is 105 cm³/mol. The summed E-state index contributed by atoms with van der Waals surface area (Å²) < 4.78 is 6.54. The number of hydrogen-bond donors (Lipinski definition) is 1. The Hall–Kier alpha value is -2.50. The number of rotatable bonds is 4. The molecule has 0 amide bonds. The number of carbonyl (C=O) groups excluding carboxylic acids is 2. The van der Waals surface area contributed by atoms with Crippen molar-refractivity contribution >= 4 is 46.0 Å². The number of ether oxygens (including phenoxy) is 1. The van der Waals surface area contributed by atoms with Crippen molar-refractivity contribution in [2.24, 2.45) is 0 Å². The summed E-state index contributed by atoms with van der Waals surface area (Å²) in [6.45, 7) is 3.75. The van der Waals surface area contributed by atoms with Crippen molar-refractivity contribution in [3.05, 3.63) is 63.3 Å². The average Bonchev–Trinajstić information content (AvgIpc) is 2.88. The molecule has 5 nitrogen and oxygen atoms in total. The van der Waals surface area contributed by atoms with Crippen molar-refractivity contribution < 1.29 is 19.4 Å². The van der Waals surface area contributed by atoms with Crippen LogP contribution >= 0.6 is 23.2 Å². The Morgan fingerprint density at radius 2 is 1.85 bits per heavy atom. The van der Waals surface area contributed by atoms with Gasteiger partial charge in [-0.25, -0.2) is 0 Å². The third-order valence-corrected chi connectivity index (χ3v) is 5.05. The molecule has 0 aliphatic rings. The molecule has 0 saturated heterocycles. The van der Waals surface area contributed by atoms with Gasteiger partial charge in [0.15, 0.2) is 0 Å². The number of nitrogens with zero attached hydrogens (tertiary/aromatic N) is 1. The molecular weight excluding hydrogens is 389 g/mol. The third-order valence-electron chi connectivity index (χ3n) is 4.31. The number of phenolic OH excluding ortho intramolecular Hbond substituents is 1. The van der Waals surface area contributed by atoms with Crippen LogP contribution in [0.5, 0.6) is 5.75 Å². The van der Waals surface area contributed by atoms with Gasteiger partial charge >= 0.3 is 5.97 Å². The Kier molecular flexibility index (Phi) is 5.44. The Bertz CT molecular complexity index is 1060. The standard InChI is InChI=1S/C20H17Cl2NO4/c1-3-27-19(25)10-14-11(2)23(18-7-5-13(24)9-15(14)18)20(26)12-4-6-16(21)17(22)8-12/h4-9,24H,3,10H2,1-2H3. The Balaban J connectivity index is 2.17. The van der Waals surface area contributed by atoms with Crippen molar-refractivity contribution in [1.82, 2.24) is 4.57 Å². The van der Waals surface area contributed by atoms with E-state index in [0.717, 1.165) is 0 Å². The Morgan fingerprint density at radius 1 is 1.11 bits per heavy atom. The number of hydrogen-bond acceptors (Lipinski definition) is 4. The van der Waals surface area contributed by atoms with Crippen LogP contribution < -0.4 is 0 Å². The molecule has 0 radical (unpaired) electrons. The van der Waals surface area contributed by atoms with E-state index in [9.17, 15) is 14.7 Å². The van der Waals surface area contributed by atoms with Crippen LogP contribution in [0.4, 0.5) is 0 Å². The molecule has 140 valence electrons. The number of fused-ring (bicyclic) bond motifs is 1. The van der Waals surface area contributed by atoms with Gasteiger partial charge in [0, 0.05) is 16.6 Å². The molecule has 3 aromatic rings. The molecule has 1 N–H and O–H groups in total. The molecule has 0 unspecified atom stereocenters. The molecule has 0 saturated carbocycles. The molecular formula is C20H17Cl2NO4. The molecule has 0 aliphatic heterocycles. The number of aromatic hydroxyl groups is 1. The van der Waals surface area contributed by atoms with Crippen LogP contribution in [0.3, 0.4) is 0 Å². The molecule has 0 aliphatic carbocycles. The minimum atomic E-state index is -0.398. The molecule has 0 spiro atoms. The molecule has 0 bridgehead atoms. The number of benzene rings is 2. The molecule has 0 atom stereocenters. The van der Waals surface area contributed by atoms with Crippen molar-refractivity contribution in [3.63, 3.8) is 0 Å². The molecule has 1 aromatic heterocycles. The van der Waals surface area contributed by atoms with E-state index in [1.54, 1.807) is 32.0 Å². The largest absolute Gasteiger partial charge is 0.508 e. The van der Waals surface area contributed by atoms with Crippen LogP contribution in [-0.4, -0.2) is 28.2 Å². The second-order valence-electron chi connectivity index (χ2n) is 6.02. The zero-order chi connectivity index (χ0) is 19.7. The second kappa shape index (κ2) is 7.62. The fourth-order valence-corrected chi connectivity index (χ4v) is 3.37. The summed E-state index contributed by atoms with van der Waals surface area (Å²) in [5, 5.41) is 11.1. The normalized spacial score (nSPS) is 11.0. The highest BCUT2D eigenvalue weighted by Gasteiger charge is 2.22. The van der Waals surface area contributed by atoms with E-state index in [1.165, 1.54) is 22.8 Å². The SMILES string of the molecule is CCOC(=O)Cc1c(C)n(C(=O)c2ccc(Cl)c(Cl)c2)c2ccc(O)cc12. The van der Waals surface area contributed by atoms with Gasteiger partial charge in [0.25, 0.3) is 5.91 Å². The van der Waals surface area contributed by atoms with Gasteiger partial charge in [0.2, 0.25) is 0 Å². The average molecular weight is 406 g/mol. The van der Waals surface area contributed by atoms with Crippen LogP contribution in [0, 0.1) is 6.92 Å². The van der Waals surface area contributed by atoms with Gasteiger partial charge in [-0.1, -0.05) is 23.2 Å². The quantitative estimate of drug-likeness (QED) is 0.635. The van der Waals surface area contributed by atoms with Gasteiger partial charge in [0.05, 0.1) is 28.6 Å². The number of aromatic nitrogens is 1. The van der Waals surface area contributed by atoms with Crippen LogP contribution in [0.1, 0.15) is 28.5 Å². The summed E-state index contributed by atoms with van der Waals surface area (Å²) >= 11 is 12.0. The summed E-state index contributed by atoms with van der Waals surface area (Å²) in [4.78, 5) is 25.2. The fourth-order valence-electron chi connectivity index (χ4n) is 3.07. The summed E-state index contributed by atoms with van der Waals surface area (Å²) in [5.41, 5.74) is 2.17. The maximum Gasteiger partial charge on any atom is 0.310 e. The van der Waals surface area contributed by atoms with E-state index in [1.807, 2.05) is 0 Å². The van der Waals surface area contributed by atoms with Gasteiger partial charge in [-0.05, 0) is 55.8 Å². The van der Waals surface area contributed by atoms with Gasteiger partial charge in [-0.3, -0.25) is 14.2 Å². The first-order chi connectivity index (χ1) is 12.8. The maximum atomic E-state index is 13.1. The molecule has 2 aromatic carbocycles. The van der Waals surface area contributed by atoms with E-state index >= 15 is 0 Å². The number of esters is 1. The van der Waals surface area contributed by atoms with E-state index in [2.05, 4.69) is 0 Å². The number of halogens is 2. The van der Waals surface area contributed by atoms with E-state index < -0.39 is 5.97 Å². The molecule has 3 rings (SSSR count). The Morgan fingerprint density at radius 3 is 2.52 bits per heavy atom. The van der Waals surface area contributed by atoms with Gasteiger partial charge in [0.1, 0.15) is 5.75 Å². The summed E-state index contributed by atoms with van der Waals surface area (Å²) in [5.74, 6) is -0.659. The van der Waals surface area contributed by atoms with Crippen molar-refractivity contribution in [2.75, 3.05) is 6.61 Å². The number of carbonyl (C=O) groups is 2. The van der Waals surface area contributed by atoms with E-state index in [4.69, 9.17) is 27.9 Å². The predicted octanol–water partition coefficient (Wildman–Crippen LogP) is 4.76. The summed E-state index contributed by atoms with van der Waals surface area (Å²) in [7, 11) is 0. The Labute approximate surface area is 166 Å². The van der Waals surface area contributed by atoms with Gasteiger partial charge < -0.3 is 9.84 Å². The van der Waals surface area contributed by atoms with Crippen molar-refractivity contribution in [2.45, 2.75) is 20.3 Å². The molecule has 27 heavy (non-hydrogen) atoms. The van der Waals surface area contributed by atoms with E-state index in [0.29, 0.717) is 32.7 Å². The first-order valence-electron chi connectivity index (χ1n) is 8.31. The van der Waals surface area contributed by atoms with E-state index in [-0.39, 0.29) is 29.7 Å². The molecule has 0 fully saturated rings. The fraction of sp³-hybridized carbons (Fsp3) is 0.200. The van der Waals surface area contributed by atoms with Crippen LogP contribution in [0.15, 0.2) is 36.4 Å². The summed E-state index contributed by atoms with van der Waals surface area (Å²) in [6, 6.07) is 9.32. The summed E-state index contributed by atoms with van der Waals surface area (Å²) in [6.07, 6.45) is 0.00127. The zero-order valence-corrected chi connectivity index (χ0v) is 16.3. The smallest absolute Gasteiger partial charge is 0.310 e. The highest BCUT2D eigenvalue weighted by atomic mass is 35.5. The molecule has 7 heteroatoms. The second-order valence-corrected chi connectivity index (χ2v) is 6.83. The van der Waals surface area contributed by atoms with Crippen LogP contribution in [0.2, 0.25) is 10.0 Å². The first-order valence-corrected chi connectivity index (χ1v) is 9.07. The number of phenols is 1. The lowest BCUT2D eigenvalue weighted by Gasteiger charge is -2.08. The topological polar surface area (TPSA) is 68.5 Å². The third kappa shape index (κ3) is 3.66. The minimum absolute atomic E-state index is 0.00127. The maximum absolute atomic E-state index is 13.1. The minimum Gasteiger partial charge on any atom is -0.508 e. The molecule has 1 heterocycles. The lowest BCUT2D eigenvalue weighted by atomic mass is 10.1. The lowest BCUT2D eigenvalue weighted by molar-refractivity contribution is -0.142. The van der Waals surface area contributed by atoms with Gasteiger partial charge in [-0.2, -0.15) is 0 Å². The van der Waals surface area contributed by atoms with Crippen LogP contribution in [-0.2, 0) is 16.0 Å². The van der Waals surface area contributed by atoms with Crippen molar-refractivity contribution in [3.8, 4) is 5.75 Å². The monoisotopic (exact) mass is 405 g/mol. The van der Waals surface area contributed by atoms with Crippen molar-refractivity contribution in [1.29, 1.82) is 0 Å². The lowest BCUT2D eigenvalue weighted by Crippen LogP contribution is -2.14. The first kappa shape index (κ1) is 19.3.